The van der Waals surface area contributed by atoms with Crippen LogP contribution in [0.1, 0.15) is 23.0 Å². The highest BCUT2D eigenvalue weighted by Gasteiger charge is 2.35. The van der Waals surface area contributed by atoms with E-state index < -0.39 is 0 Å². The van der Waals surface area contributed by atoms with Gasteiger partial charge in [-0.25, -0.2) is 4.98 Å². The summed E-state index contributed by atoms with van der Waals surface area (Å²) in [6.07, 6.45) is 6.09. The Morgan fingerprint density at radius 2 is 2.24 bits per heavy atom. The summed E-state index contributed by atoms with van der Waals surface area (Å²) in [5, 5.41) is 0.849. The minimum absolute atomic E-state index is 0.0499. The number of aromatic nitrogens is 2. The summed E-state index contributed by atoms with van der Waals surface area (Å²) >= 11 is 1.43. The smallest absolute Gasteiger partial charge is 0.265 e. The van der Waals surface area contributed by atoms with Gasteiger partial charge in [0.05, 0.1) is 6.20 Å². The third-order valence-electron chi connectivity index (χ3n) is 3.98. The highest BCUT2D eigenvalue weighted by Crippen LogP contribution is 2.31. The van der Waals surface area contributed by atoms with Gasteiger partial charge in [0.1, 0.15) is 9.88 Å². The van der Waals surface area contributed by atoms with E-state index >= 15 is 0 Å². The summed E-state index contributed by atoms with van der Waals surface area (Å²) in [7, 11) is 0. The van der Waals surface area contributed by atoms with Crippen LogP contribution in [0, 0.1) is 5.41 Å². The molecule has 0 aliphatic carbocycles. The first-order valence-electron chi connectivity index (χ1n) is 6.97. The van der Waals surface area contributed by atoms with Crippen LogP contribution in [0.15, 0.2) is 30.7 Å². The molecule has 1 aliphatic heterocycles. The largest absolute Gasteiger partial charge is 0.337 e. The van der Waals surface area contributed by atoms with E-state index in [4.69, 9.17) is 5.73 Å². The van der Waals surface area contributed by atoms with Crippen molar-refractivity contribution in [3.8, 4) is 10.6 Å². The molecule has 1 unspecified atom stereocenters. The maximum atomic E-state index is 12.5. The predicted molar refractivity (Wildman–Crippen MR) is 83.0 cm³/mol. The van der Waals surface area contributed by atoms with Crippen LogP contribution in [0.5, 0.6) is 0 Å². The Hall–Kier alpha value is -1.79. The molecule has 2 aromatic heterocycles. The molecule has 2 aromatic rings. The first-order valence-corrected chi connectivity index (χ1v) is 7.78. The highest BCUT2D eigenvalue weighted by atomic mass is 32.1. The van der Waals surface area contributed by atoms with Crippen LogP contribution in [0.2, 0.25) is 0 Å². The Morgan fingerprint density at radius 3 is 2.90 bits per heavy atom. The topological polar surface area (TPSA) is 72.1 Å². The van der Waals surface area contributed by atoms with Crippen molar-refractivity contribution in [3.63, 3.8) is 0 Å². The van der Waals surface area contributed by atoms with E-state index in [1.54, 1.807) is 18.6 Å². The molecule has 1 atom stereocenters. The van der Waals surface area contributed by atoms with Gasteiger partial charge in [0, 0.05) is 31.0 Å². The number of pyridine rings is 1. The van der Waals surface area contributed by atoms with Gasteiger partial charge in [-0.05, 0) is 30.5 Å². The molecule has 0 bridgehead atoms. The second kappa shape index (κ2) is 5.54. The van der Waals surface area contributed by atoms with Gasteiger partial charge in [-0.2, -0.15) is 0 Å². The number of nitrogens with two attached hydrogens (primary N) is 1. The van der Waals surface area contributed by atoms with Crippen LogP contribution in [-0.2, 0) is 0 Å². The third-order valence-corrected chi connectivity index (χ3v) is 5.02. The van der Waals surface area contributed by atoms with Gasteiger partial charge in [-0.1, -0.05) is 6.92 Å². The van der Waals surface area contributed by atoms with E-state index in [1.807, 2.05) is 17.0 Å². The molecule has 0 radical (unpaired) electrons. The summed E-state index contributed by atoms with van der Waals surface area (Å²) in [5.74, 6) is 0.0602. The Kier molecular flexibility index (Phi) is 3.73. The molecule has 3 rings (SSSR count). The Morgan fingerprint density at radius 1 is 1.48 bits per heavy atom. The van der Waals surface area contributed by atoms with Gasteiger partial charge in [0.15, 0.2) is 0 Å². The Bertz CT molecular complexity index is 642. The number of nitrogens with zero attached hydrogens (tertiary/aromatic N) is 3. The summed E-state index contributed by atoms with van der Waals surface area (Å²) in [4.78, 5) is 23.5. The number of rotatable bonds is 3. The standard InChI is InChI=1S/C15H18N4OS/c1-15(9-16)4-7-19(10-15)14(20)12-8-18-13(21-12)11-2-5-17-6-3-11/h2-3,5-6,8H,4,7,9-10,16H2,1H3. The van der Waals surface area contributed by atoms with Gasteiger partial charge >= 0.3 is 0 Å². The molecule has 1 amide bonds. The van der Waals surface area contributed by atoms with Crippen molar-refractivity contribution in [2.24, 2.45) is 11.1 Å². The molecule has 0 spiro atoms. The van der Waals surface area contributed by atoms with Crippen molar-refractivity contribution >= 4 is 17.2 Å². The van der Waals surface area contributed by atoms with Crippen molar-refractivity contribution in [1.29, 1.82) is 0 Å². The van der Waals surface area contributed by atoms with Crippen molar-refractivity contribution < 1.29 is 4.79 Å². The fourth-order valence-electron chi connectivity index (χ4n) is 2.52. The molecule has 110 valence electrons. The number of amides is 1. The maximum absolute atomic E-state index is 12.5. The van der Waals surface area contributed by atoms with E-state index in [0.717, 1.165) is 30.1 Å². The predicted octanol–water partition coefficient (Wildman–Crippen LogP) is 2.02. The second-order valence-electron chi connectivity index (χ2n) is 5.76. The minimum Gasteiger partial charge on any atom is -0.337 e. The van der Waals surface area contributed by atoms with Crippen molar-refractivity contribution in [3.05, 3.63) is 35.6 Å². The zero-order chi connectivity index (χ0) is 14.9. The zero-order valence-corrected chi connectivity index (χ0v) is 12.8. The van der Waals surface area contributed by atoms with Crippen LogP contribution in [-0.4, -0.2) is 40.4 Å². The first kappa shape index (κ1) is 14.2. The molecule has 0 saturated carbocycles. The first-order chi connectivity index (χ1) is 10.1. The van der Waals surface area contributed by atoms with Gasteiger partial charge in [0.2, 0.25) is 0 Å². The number of carbonyl (C=O) groups is 1. The molecule has 6 heteroatoms. The lowest BCUT2D eigenvalue weighted by molar-refractivity contribution is 0.0781. The normalized spacial score (nSPS) is 21.7. The summed E-state index contributed by atoms with van der Waals surface area (Å²) in [5.41, 5.74) is 6.83. The Labute approximate surface area is 127 Å². The van der Waals surface area contributed by atoms with Gasteiger partial charge < -0.3 is 10.6 Å². The molecule has 1 fully saturated rings. The number of likely N-dealkylation sites (tertiary alicyclic amines) is 1. The van der Waals surface area contributed by atoms with Gasteiger partial charge in [-0.3, -0.25) is 9.78 Å². The zero-order valence-electron chi connectivity index (χ0n) is 12.0. The molecule has 3 heterocycles. The molecule has 1 saturated heterocycles. The second-order valence-corrected chi connectivity index (χ2v) is 6.79. The summed E-state index contributed by atoms with van der Waals surface area (Å²) in [6.45, 7) is 4.25. The lowest BCUT2D eigenvalue weighted by Crippen LogP contribution is -2.34. The quantitative estimate of drug-likeness (QED) is 0.941. The van der Waals surface area contributed by atoms with Crippen LogP contribution in [0.4, 0.5) is 0 Å². The van der Waals surface area contributed by atoms with Gasteiger partial charge in [-0.15, -0.1) is 11.3 Å². The third kappa shape index (κ3) is 2.82. The molecular weight excluding hydrogens is 284 g/mol. The van der Waals surface area contributed by atoms with Crippen LogP contribution >= 0.6 is 11.3 Å². The fraction of sp³-hybridized carbons (Fsp3) is 0.400. The van der Waals surface area contributed by atoms with E-state index in [0.29, 0.717) is 11.4 Å². The summed E-state index contributed by atoms with van der Waals surface area (Å²) < 4.78 is 0. The number of carbonyl (C=O) groups excluding carboxylic acids is 1. The monoisotopic (exact) mass is 302 g/mol. The number of thiazole rings is 1. The molecule has 1 aliphatic rings. The van der Waals surface area contributed by atoms with Gasteiger partial charge in [0.25, 0.3) is 5.91 Å². The number of hydrogen-bond donors (Lipinski definition) is 1. The average Bonchev–Trinajstić information content (AvgIpc) is 3.15. The van der Waals surface area contributed by atoms with Crippen LogP contribution in [0.3, 0.4) is 0 Å². The van der Waals surface area contributed by atoms with E-state index in [9.17, 15) is 4.79 Å². The molecule has 0 aromatic carbocycles. The molecule has 21 heavy (non-hydrogen) atoms. The SMILES string of the molecule is CC1(CN)CCN(C(=O)c2cnc(-c3ccncc3)s2)C1. The fourth-order valence-corrected chi connectivity index (χ4v) is 3.41. The van der Waals surface area contributed by atoms with Crippen molar-refractivity contribution in [2.45, 2.75) is 13.3 Å². The lowest BCUT2D eigenvalue weighted by Gasteiger charge is -2.22. The maximum Gasteiger partial charge on any atom is 0.265 e. The number of hydrogen-bond acceptors (Lipinski definition) is 5. The van der Waals surface area contributed by atoms with E-state index in [2.05, 4.69) is 16.9 Å². The Balaban J connectivity index is 1.77. The minimum atomic E-state index is 0.0499. The van der Waals surface area contributed by atoms with Crippen LogP contribution < -0.4 is 5.73 Å². The van der Waals surface area contributed by atoms with E-state index in [-0.39, 0.29) is 11.3 Å². The van der Waals surface area contributed by atoms with Crippen LogP contribution in [0.25, 0.3) is 10.6 Å². The lowest BCUT2D eigenvalue weighted by atomic mass is 9.90. The van der Waals surface area contributed by atoms with Crippen molar-refractivity contribution in [2.75, 3.05) is 19.6 Å². The molecular formula is C15H18N4OS. The van der Waals surface area contributed by atoms with Crippen molar-refractivity contribution in [1.82, 2.24) is 14.9 Å². The highest BCUT2D eigenvalue weighted by molar-refractivity contribution is 7.16. The summed E-state index contributed by atoms with van der Waals surface area (Å²) in [6, 6.07) is 3.79. The average molecular weight is 302 g/mol. The van der Waals surface area contributed by atoms with E-state index in [1.165, 1.54) is 11.3 Å². The molecule has 5 nitrogen and oxygen atoms in total. The molecule has 2 N–H and O–H groups in total.